The fourth-order valence-corrected chi connectivity index (χ4v) is 3.97. The predicted octanol–water partition coefficient (Wildman–Crippen LogP) is 3.80. The Bertz CT molecular complexity index is 940. The lowest BCUT2D eigenvalue weighted by molar-refractivity contribution is -0.116. The van der Waals surface area contributed by atoms with Crippen LogP contribution in [-0.4, -0.2) is 20.7 Å². The maximum absolute atomic E-state index is 12.4. The molecular weight excluding hydrogens is 340 g/mol. The molecule has 1 aliphatic carbocycles. The van der Waals surface area contributed by atoms with Crippen molar-refractivity contribution in [3.8, 4) is 10.7 Å². The molecule has 0 saturated heterocycles. The third-order valence-corrected chi connectivity index (χ3v) is 5.36. The molecule has 2 aromatic heterocycles. The van der Waals surface area contributed by atoms with Crippen molar-refractivity contribution in [2.75, 3.05) is 5.32 Å². The number of fused-ring (bicyclic) bond motifs is 1. The summed E-state index contributed by atoms with van der Waals surface area (Å²) in [6.45, 7) is 0.139. The first-order valence-corrected chi connectivity index (χ1v) is 9.10. The van der Waals surface area contributed by atoms with Gasteiger partial charge >= 0.3 is 0 Å². The first kappa shape index (κ1) is 15.3. The van der Waals surface area contributed by atoms with E-state index in [0.29, 0.717) is 10.6 Å². The highest BCUT2D eigenvalue weighted by atomic mass is 32.1. The highest BCUT2D eigenvalue weighted by Crippen LogP contribution is 2.25. The van der Waals surface area contributed by atoms with Crippen LogP contribution < -0.4 is 5.32 Å². The van der Waals surface area contributed by atoms with Gasteiger partial charge in [-0.1, -0.05) is 12.1 Å². The minimum Gasteiger partial charge on any atom is -0.325 e. The molecule has 122 valence electrons. The molecule has 2 heterocycles. The Balaban J connectivity index is 1.53. The number of hydrogen-bond acceptors (Lipinski definition) is 4. The molecule has 0 aliphatic heterocycles. The number of aromatic amines is 1. The summed E-state index contributed by atoms with van der Waals surface area (Å²) < 4.78 is 2.17. The number of carbonyl (C=O) groups is 1. The van der Waals surface area contributed by atoms with E-state index in [1.54, 1.807) is 15.9 Å². The maximum atomic E-state index is 12.4. The van der Waals surface area contributed by atoms with Crippen LogP contribution in [0, 0.1) is 4.77 Å². The molecule has 0 atom stereocenters. The van der Waals surface area contributed by atoms with E-state index in [0.717, 1.165) is 23.4 Å². The number of aromatic nitrogens is 3. The fraction of sp³-hybridized carbons (Fsp3) is 0.235. The van der Waals surface area contributed by atoms with Gasteiger partial charge in [0, 0.05) is 5.69 Å². The van der Waals surface area contributed by atoms with Crippen LogP contribution in [0.4, 0.5) is 5.69 Å². The molecule has 1 aliphatic rings. The summed E-state index contributed by atoms with van der Waals surface area (Å²) in [4.78, 5) is 13.4. The number of anilines is 1. The van der Waals surface area contributed by atoms with E-state index < -0.39 is 0 Å². The van der Waals surface area contributed by atoms with Crippen LogP contribution in [0.25, 0.3) is 10.7 Å². The second kappa shape index (κ2) is 6.33. The summed E-state index contributed by atoms with van der Waals surface area (Å²) in [6, 6.07) is 10.1. The van der Waals surface area contributed by atoms with Crippen molar-refractivity contribution in [3.05, 3.63) is 51.6 Å². The number of benzene rings is 1. The van der Waals surface area contributed by atoms with Crippen molar-refractivity contribution < 1.29 is 4.79 Å². The monoisotopic (exact) mass is 356 g/mol. The van der Waals surface area contributed by atoms with E-state index in [-0.39, 0.29) is 12.5 Å². The first-order chi connectivity index (χ1) is 11.7. The summed E-state index contributed by atoms with van der Waals surface area (Å²) in [5.41, 5.74) is 3.57. The number of rotatable bonds is 4. The molecule has 0 unspecified atom stereocenters. The molecule has 1 amide bonds. The minimum atomic E-state index is -0.108. The quantitative estimate of drug-likeness (QED) is 0.699. The zero-order chi connectivity index (χ0) is 16.5. The first-order valence-electron chi connectivity index (χ1n) is 7.81. The van der Waals surface area contributed by atoms with Gasteiger partial charge in [0.05, 0.1) is 4.88 Å². The van der Waals surface area contributed by atoms with Crippen molar-refractivity contribution in [3.63, 3.8) is 0 Å². The number of hydrogen-bond donors (Lipinski definition) is 2. The summed E-state index contributed by atoms with van der Waals surface area (Å²) >= 11 is 6.83. The van der Waals surface area contributed by atoms with Crippen LogP contribution in [0.5, 0.6) is 0 Å². The second-order valence-corrected chi connectivity index (χ2v) is 7.14. The van der Waals surface area contributed by atoms with Crippen molar-refractivity contribution in [2.24, 2.45) is 0 Å². The summed E-state index contributed by atoms with van der Waals surface area (Å²) in [5, 5.41) is 12.0. The van der Waals surface area contributed by atoms with Gasteiger partial charge in [-0.25, -0.2) is 0 Å². The molecule has 0 fully saturated rings. The highest BCUT2D eigenvalue weighted by Gasteiger charge is 2.15. The molecule has 0 saturated carbocycles. The zero-order valence-electron chi connectivity index (χ0n) is 12.9. The number of H-pyrrole nitrogens is 1. The van der Waals surface area contributed by atoms with E-state index in [1.165, 1.54) is 17.5 Å². The highest BCUT2D eigenvalue weighted by molar-refractivity contribution is 7.71. The van der Waals surface area contributed by atoms with Gasteiger partial charge in [0.1, 0.15) is 6.54 Å². The van der Waals surface area contributed by atoms with Gasteiger partial charge in [-0.15, -0.1) is 11.3 Å². The van der Waals surface area contributed by atoms with Crippen LogP contribution in [0.1, 0.15) is 17.5 Å². The Morgan fingerprint density at radius 1 is 1.33 bits per heavy atom. The molecule has 0 bridgehead atoms. The van der Waals surface area contributed by atoms with Crippen LogP contribution in [-0.2, 0) is 24.2 Å². The van der Waals surface area contributed by atoms with Crippen molar-refractivity contribution in [1.29, 1.82) is 0 Å². The predicted molar refractivity (Wildman–Crippen MR) is 97.8 cm³/mol. The van der Waals surface area contributed by atoms with Gasteiger partial charge in [-0.3, -0.25) is 14.5 Å². The SMILES string of the molecule is O=C(Cn1c(-c2cccs2)n[nH]c1=S)Nc1ccc2c(c1)CCC2. The number of thiophene rings is 1. The second-order valence-electron chi connectivity index (χ2n) is 5.80. The summed E-state index contributed by atoms with van der Waals surface area (Å²) in [7, 11) is 0. The Hall–Kier alpha value is -2.25. The number of carbonyl (C=O) groups excluding carboxylic acids is 1. The minimum absolute atomic E-state index is 0.108. The van der Waals surface area contributed by atoms with Crippen LogP contribution in [0.15, 0.2) is 35.7 Å². The number of amides is 1. The summed E-state index contributed by atoms with van der Waals surface area (Å²) in [6.07, 6.45) is 3.42. The van der Waals surface area contributed by atoms with E-state index >= 15 is 0 Å². The smallest absolute Gasteiger partial charge is 0.244 e. The van der Waals surface area contributed by atoms with Crippen LogP contribution >= 0.6 is 23.6 Å². The average Bonchev–Trinajstić information content (AvgIpc) is 3.29. The number of nitrogens with zero attached hydrogens (tertiary/aromatic N) is 2. The molecule has 0 radical (unpaired) electrons. The molecule has 7 heteroatoms. The molecule has 4 rings (SSSR count). The van der Waals surface area contributed by atoms with E-state index in [1.807, 2.05) is 23.6 Å². The number of nitrogens with one attached hydrogen (secondary N) is 2. The van der Waals surface area contributed by atoms with Crippen molar-refractivity contribution in [2.45, 2.75) is 25.8 Å². The Morgan fingerprint density at radius 3 is 3.04 bits per heavy atom. The van der Waals surface area contributed by atoms with Crippen LogP contribution in [0.3, 0.4) is 0 Å². The van der Waals surface area contributed by atoms with E-state index in [2.05, 4.69) is 27.6 Å². The largest absolute Gasteiger partial charge is 0.325 e. The normalized spacial score (nSPS) is 13.0. The average molecular weight is 356 g/mol. The van der Waals surface area contributed by atoms with E-state index in [4.69, 9.17) is 12.2 Å². The Kier molecular flexibility index (Phi) is 4.03. The summed E-state index contributed by atoms with van der Waals surface area (Å²) in [5.74, 6) is 0.586. The van der Waals surface area contributed by atoms with Gasteiger partial charge in [-0.2, -0.15) is 5.10 Å². The molecule has 2 N–H and O–H groups in total. The van der Waals surface area contributed by atoms with Gasteiger partial charge in [0.2, 0.25) is 5.91 Å². The van der Waals surface area contributed by atoms with Gasteiger partial charge in [-0.05, 0) is 66.2 Å². The zero-order valence-corrected chi connectivity index (χ0v) is 14.5. The van der Waals surface area contributed by atoms with Gasteiger partial charge in [0.25, 0.3) is 0 Å². The topological polar surface area (TPSA) is 62.7 Å². The Labute approximate surface area is 148 Å². The van der Waals surface area contributed by atoms with Crippen molar-refractivity contribution in [1.82, 2.24) is 14.8 Å². The molecule has 5 nitrogen and oxygen atoms in total. The molecule has 1 aromatic carbocycles. The third-order valence-electron chi connectivity index (χ3n) is 4.18. The third kappa shape index (κ3) is 2.92. The lowest BCUT2D eigenvalue weighted by atomic mass is 10.1. The fourth-order valence-electron chi connectivity index (χ4n) is 3.05. The van der Waals surface area contributed by atoms with Gasteiger partial charge < -0.3 is 5.32 Å². The lowest BCUT2D eigenvalue weighted by Crippen LogP contribution is -2.19. The standard InChI is InChI=1S/C17H16N4OS2/c22-15(18-13-7-6-11-3-1-4-12(11)9-13)10-21-16(19-20-17(21)23)14-5-2-8-24-14/h2,5-9H,1,3-4,10H2,(H,18,22)(H,20,23). The molecule has 0 spiro atoms. The number of aryl methyl sites for hydroxylation is 2. The Morgan fingerprint density at radius 2 is 2.21 bits per heavy atom. The molecule has 24 heavy (non-hydrogen) atoms. The van der Waals surface area contributed by atoms with Crippen LogP contribution in [0.2, 0.25) is 0 Å². The molecule has 3 aromatic rings. The van der Waals surface area contributed by atoms with E-state index in [9.17, 15) is 4.79 Å². The lowest BCUT2D eigenvalue weighted by Gasteiger charge is -2.09. The molecular formula is C17H16N4OS2. The maximum Gasteiger partial charge on any atom is 0.244 e. The van der Waals surface area contributed by atoms with Gasteiger partial charge in [0.15, 0.2) is 10.6 Å². The van der Waals surface area contributed by atoms with Crippen molar-refractivity contribution >= 4 is 35.1 Å².